The molecule has 1 aliphatic carbocycles. The Bertz CT molecular complexity index is 729. The number of aryl methyl sites for hydroxylation is 1. The van der Waals surface area contributed by atoms with Crippen molar-refractivity contribution in [2.45, 2.75) is 30.9 Å². The summed E-state index contributed by atoms with van der Waals surface area (Å²) < 4.78 is 45.6. The van der Waals surface area contributed by atoms with Gasteiger partial charge in [-0.15, -0.1) is 0 Å². The number of rotatable bonds is 3. The molecule has 2 atom stereocenters. The van der Waals surface area contributed by atoms with Crippen LogP contribution in [0.5, 0.6) is 0 Å². The molecule has 0 bridgehead atoms. The molecule has 0 N–H and O–H groups in total. The second-order valence-electron chi connectivity index (χ2n) is 5.18. The molecule has 22 heavy (non-hydrogen) atoms. The minimum absolute atomic E-state index is 0.0380. The van der Waals surface area contributed by atoms with Gasteiger partial charge in [0.15, 0.2) is 5.69 Å². The second kappa shape index (κ2) is 4.52. The van der Waals surface area contributed by atoms with Crippen LogP contribution in [-0.4, -0.2) is 21.2 Å². The standard InChI is InChI=1S/C13H10F3N3O3/c1-7-10(19(20)21)11(22-18-7)8-6-12(8,13(14,15)16)9-4-2-3-5-17-9/h2-5,8H,6H2,1H3/t8-,12+/m1/s1. The summed E-state index contributed by atoms with van der Waals surface area (Å²) in [5.74, 6) is -1.53. The fourth-order valence-electron chi connectivity index (χ4n) is 2.78. The summed E-state index contributed by atoms with van der Waals surface area (Å²) in [4.78, 5) is 14.1. The maximum atomic E-state index is 13.6. The van der Waals surface area contributed by atoms with Crippen LogP contribution in [0.4, 0.5) is 18.9 Å². The molecule has 0 aliphatic heterocycles. The summed E-state index contributed by atoms with van der Waals surface area (Å²) in [5.41, 5.74) is -2.96. The molecule has 0 aromatic carbocycles. The molecule has 0 unspecified atom stereocenters. The molecule has 3 rings (SSSR count). The molecule has 0 radical (unpaired) electrons. The highest BCUT2D eigenvalue weighted by atomic mass is 19.4. The summed E-state index contributed by atoms with van der Waals surface area (Å²) in [6.45, 7) is 1.32. The first-order valence-electron chi connectivity index (χ1n) is 6.38. The Balaban J connectivity index is 2.10. The van der Waals surface area contributed by atoms with Crippen molar-refractivity contribution < 1.29 is 22.6 Å². The number of halogens is 3. The molecule has 6 nitrogen and oxygen atoms in total. The largest absolute Gasteiger partial charge is 0.400 e. The van der Waals surface area contributed by atoms with E-state index in [1.807, 2.05) is 0 Å². The van der Waals surface area contributed by atoms with E-state index in [1.54, 1.807) is 0 Å². The Morgan fingerprint density at radius 2 is 2.18 bits per heavy atom. The average molecular weight is 313 g/mol. The number of alkyl halides is 3. The fraction of sp³-hybridized carbons (Fsp3) is 0.385. The number of nitro groups is 1. The van der Waals surface area contributed by atoms with Crippen molar-refractivity contribution in [1.29, 1.82) is 0 Å². The van der Waals surface area contributed by atoms with Crippen LogP contribution in [0.2, 0.25) is 0 Å². The van der Waals surface area contributed by atoms with Crippen LogP contribution < -0.4 is 0 Å². The maximum absolute atomic E-state index is 13.6. The molecular weight excluding hydrogens is 303 g/mol. The number of aromatic nitrogens is 2. The zero-order chi connectivity index (χ0) is 16.1. The van der Waals surface area contributed by atoms with Crippen molar-refractivity contribution >= 4 is 5.69 Å². The van der Waals surface area contributed by atoms with Gasteiger partial charge in [-0.1, -0.05) is 11.2 Å². The van der Waals surface area contributed by atoms with Crippen molar-refractivity contribution in [3.8, 4) is 0 Å². The van der Waals surface area contributed by atoms with Crippen molar-refractivity contribution in [3.63, 3.8) is 0 Å². The van der Waals surface area contributed by atoms with Gasteiger partial charge in [0.05, 0.1) is 10.6 Å². The van der Waals surface area contributed by atoms with Gasteiger partial charge in [0, 0.05) is 12.1 Å². The molecule has 1 aliphatic rings. The topological polar surface area (TPSA) is 82.1 Å². The van der Waals surface area contributed by atoms with Gasteiger partial charge >= 0.3 is 11.9 Å². The van der Waals surface area contributed by atoms with Gasteiger partial charge in [-0.3, -0.25) is 15.1 Å². The molecule has 9 heteroatoms. The fourth-order valence-corrected chi connectivity index (χ4v) is 2.78. The predicted octanol–water partition coefficient (Wildman–Crippen LogP) is 3.27. The molecule has 2 aromatic rings. The Labute approximate surface area is 122 Å². The van der Waals surface area contributed by atoms with Gasteiger partial charge in [0.2, 0.25) is 5.76 Å². The van der Waals surface area contributed by atoms with E-state index in [4.69, 9.17) is 4.52 Å². The lowest BCUT2D eigenvalue weighted by molar-refractivity contribution is -0.386. The Kier molecular flexibility index (Phi) is 2.98. The van der Waals surface area contributed by atoms with Crippen LogP contribution in [0.25, 0.3) is 0 Å². The van der Waals surface area contributed by atoms with Crippen molar-refractivity contribution in [1.82, 2.24) is 10.1 Å². The van der Waals surface area contributed by atoms with E-state index in [9.17, 15) is 23.3 Å². The van der Waals surface area contributed by atoms with Gasteiger partial charge in [-0.2, -0.15) is 13.2 Å². The van der Waals surface area contributed by atoms with E-state index in [2.05, 4.69) is 10.1 Å². The molecule has 116 valence electrons. The lowest BCUT2D eigenvalue weighted by Gasteiger charge is -2.19. The number of pyridine rings is 1. The van der Waals surface area contributed by atoms with Crippen LogP contribution in [-0.2, 0) is 5.41 Å². The van der Waals surface area contributed by atoms with E-state index >= 15 is 0 Å². The lowest BCUT2D eigenvalue weighted by Crippen LogP contribution is -2.31. The molecule has 1 fully saturated rings. The van der Waals surface area contributed by atoms with Crippen molar-refractivity contribution in [2.24, 2.45) is 0 Å². The maximum Gasteiger partial charge on any atom is 0.400 e. The first-order valence-corrected chi connectivity index (χ1v) is 6.38. The zero-order valence-electron chi connectivity index (χ0n) is 11.3. The Morgan fingerprint density at radius 1 is 1.45 bits per heavy atom. The first-order chi connectivity index (χ1) is 10.3. The monoisotopic (exact) mass is 313 g/mol. The summed E-state index contributed by atoms with van der Waals surface area (Å²) in [7, 11) is 0. The normalized spacial score (nSPS) is 24.3. The zero-order valence-corrected chi connectivity index (χ0v) is 11.3. The van der Waals surface area contributed by atoms with E-state index in [1.165, 1.54) is 31.3 Å². The quantitative estimate of drug-likeness (QED) is 0.641. The third kappa shape index (κ3) is 1.88. The molecule has 1 saturated carbocycles. The summed E-state index contributed by atoms with van der Waals surface area (Å²) in [6, 6.07) is 4.22. The molecule has 2 aromatic heterocycles. The molecular formula is C13H10F3N3O3. The van der Waals surface area contributed by atoms with E-state index in [-0.39, 0.29) is 23.6 Å². The third-order valence-electron chi connectivity index (χ3n) is 3.94. The summed E-state index contributed by atoms with van der Waals surface area (Å²) in [6.07, 6.45) is -3.68. The van der Waals surface area contributed by atoms with Gasteiger partial charge in [0.1, 0.15) is 5.41 Å². The predicted molar refractivity (Wildman–Crippen MR) is 67.2 cm³/mol. The lowest BCUT2D eigenvalue weighted by atomic mass is 9.96. The van der Waals surface area contributed by atoms with Gasteiger partial charge in [0.25, 0.3) is 0 Å². The van der Waals surface area contributed by atoms with Crippen molar-refractivity contribution in [2.75, 3.05) is 0 Å². The third-order valence-corrected chi connectivity index (χ3v) is 3.94. The number of nitrogens with zero attached hydrogens (tertiary/aromatic N) is 3. The Morgan fingerprint density at radius 3 is 2.73 bits per heavy atom. The van der Waals surface area contributed by atoms with Crippen LogP contribution in [0.15, 0.2) is 28.9 Å². The van der Waals surface area contributed by atoms with E-state index in [0.717, 1.165) is 0 Å². The van der Waals surface area contributed by atoms with E-state index in [0.29, 0.717) is 0 Å². The van der Waals surface area contributed by atoms with E-state index < -0.39 is 28.1 Å². The van der Waals surface area contributed by atoms with Crippen LogP contribution in [0.1, 0.15) is 29.5 Å². The van der Waals surface area contributed by atoms with Crippen molar-refractivity contribution in [3.05, 3.63) is 51.7 Å². The van der Waals surface area contributed by atoms with Gasteiger partial charge < -0.3 is 4.52 Å². The highest BCUT2D eigenvalue weighted by Crippen LogP contribution is 2.68. The summed E-state index contributed by atoms with van der Waals surface area (Å²) >= 11 is 0. The number of hydrogen-bond acceptors (Lipinski definition) is 5. The molecule has 0 saturated heterocycles. The minimum Gasteiger partial charge on any atom is -0.353 e. The molecule has 0 spiro atoms. The van der Waals surface area contributed by atoms with Gasteiger partial charge in [-0.05, 0) is 25.5 Å². The highest BCUT2D eigenvalue weighted by molar-refractivity contribution is 5.48. The summed E-state index contributed by atoms with van der Waals surface area (Å²) in [5, 5.41) is 14.5. The van der Waals surface area contributed by atoms with Crippen LogP contribution in [0.3, 0.4) is 0 Å². The molecule has 0 amide bonds. The number of hydrogen-bond donors (Lipinski definition) is 0. The average Bonchev–Trinajstić information content (AvgIpc) is 3.10. The van der Waals surface area contributed by atoms with Crippen LogP contribution >= 0.6 is 0 Å². The molecule has 2 heterocycles. The first kappa shape index (κ1) is 14.5. The van der Waals surface area contributed by atoms with Gasteiger partial charge in [-0.25, -0.2) is 0 Å². The smallest absolute Gasteiger partial charge is 0.353 e. The Hall–Kier alpha value is -2.45. The second-order valence-corrected chi connectivity index (χ2v) is 5.18. The minimum atomic E-state index is -4.60. The van der Waals surface area contributed by atoms with Crippen LogP contribution in [0, 0.1) is 17.0 Å². The SMILES string of the molecule is Cc1noc([C@H]2C[C@]2(c2ccccn2)C(F)(F)F)c1[N+](=O)[O-]. The highest BCUT2D eigenvalue weighted by Gasteiger charge is 2.75.